The molecular formula is C6H6ClNO5. The average Bonchev–Trinajstić information content (AvgIpc) is 2.45. The first kappa shape index (κ1) is 9.79. The molecule has 0 spiro atoms. The zero-order valence-corrected chi connectivity index (χ0v) is 7.24. The SMILES string of the molecule is O=C(Cl)OCCCc1noc(=O)o1. The minimum atomic E-state index is -0.860. The summed E-state index contributed by atoms with van der Waals surface area (Å²) in [5.74, 6) is -0.667. The Morgan fingerprint density at radius 1 is 1.62 bits per heavy atom. The molecule has 0 amide bonds. The van der Waals surface area contributed by atoms with Gasteiger partial charge in [0.1, 0.15) is 0 Å². The fraction of sp³-hybridized carbons (Fsp3) is 0.500. The molecule has 1 aromatic heterocycles. The Morgan fingerprint density at radius 3 is 2.92 bits per heavy atom. The molecule has 1 heterocycles. The highest BCUT2D eigenvalue weighted by Crippen LogP contribution is 1.97. The molecule has 0 N–H and O–H groups in total. The minimum Gasteiger partial charge on any atom is -0.454 e. The molecule has 1 aromatic rings. The third-order valence-corrected chi connectivity index (χ3v) is 1.28. The minimum absolute atomic E-state index is 0.152. The van der Waals surface area contributed by atoms with Gasteiger partial charge in [-0.15, -0.1) is 0 Å². The van der Waals surface area contributed by atoms with Crippen molar-refractivity contribution in [3.8, 4) is 0 Å². The summed E-state index contributed by atoms with van der Waals surface area (Å²) < 4.78 is 13.0. The van der Waals surface area contributed by atoms with E-state index in [1.807, 2.05) is 0 Å². The van der Waals surface area contributed by atoms with E-state index in [4.69, 9.17) is 11.6 Å². The molecule has 1 rings (SSSR count). The van der Waals surface area contributed by atoms with Gasteiger partial charge in [-0.3, -0.25) is 4.52 Å². The lowest BCUT2D eigenvalue weighted by molar-refractivity contribution is 0.171. The zero-order chi connectivity index (χ0) is 9.68. The van der Waals surface area contributed by atoms with E-state index in [2.05, 4.69) is 18.8 Å². The van der Waals surface area contributed by atoms with Gasteiger partial charge < -0.3 is 9.15 Å². The number of carbonyl (C=O) groups excluding carboxylic acids is 1. The predicted octanol–water partition coefficient (Wildman–Crippen LogP) is 0.936. The number of aromatic nitrogens is 1. The summed E-state index contributed by atoms with van der Waals surface area (Å²) in [6.07, 6.45) is 0.823. The lowest BCUT2D eigenvalue weighted by Gasteiger charge is -1.96. The third-order valence-electron chi connectivity index (χ3n) is 1.17. The van der Waals surface area contributed by atoms with Crippen LogP contribution in [0.4, 0.5) is 4.79 Å². The summed E-state index contributed by atoms with van der Waals surface area (Å²) in [6.45, 7) is 0.152. The first-order valence-corrected chi connectivity index (χ1v) is 3.84. The molecule has 13 heavy (non-hydrogen) atoms. The number of hydrogen-bond donors (Lipinski definition) is 0. The summed E-state index contributed by atoms with van der Waals surface area (Å²) in [4.78, 5) is 20.4. The molecule has 0 aliphatic rings. The smallest absolute Gasteiger partial charge is 0.454 e. The molecule has 6 nitrogen and oxygen atoms in total. The van der Waals surface area contributed by atoms with Crippen molar-refractivity contribution in [1.82, 2.24) is 5.16 Å². The van der Waals surface area contributed by atoms with Crippen molar-refractivity contribution in [2.75, 3.05) is 6.61 Å². The molecule has 0 aromatic carbocycles. The van der Waals surface area contributed by atoms with E-state index in [0.717, 1.165) is 0 Å². The van der Waals surface area contributed by atoms with E-state index in [-0.39, 0.29) is 12.5 Å². The van der Waals surface area contributed by atoms with E-state index in [1.54, 1.807) is 0 Å². The van der Waals surface area contributed by atoms with Gasteiger partial charge in [0.25, 0.3) is 0 Å². The summed E-state index contributed by atoms with van der Waals surface area (Å²) in [5, 5.41) is 3.30. The second-order valence-corrected chi connectivity index (χ2v) is 2.43. The molecule has 0 aliphatic carbocycles. The van der Waals surface area contributed by atoms with Gasteiger partial charge in [-0.25, -0.2) is 9.59 Å². The predicted molar refractivity (Wildman–Crippen MR) is 40.6 cm³/mol. The first-order valence-electron chi connectivity index (χ1n) is 3.46. The molecule has 0 radical (unpaired) electrons. The van der Waals surface area contributed by atoms with Crippen molar-refractivity contribution in [1.29, 1.82) is 0 Å². The topological polar surface area (TPSA) is 82.5 Å². The zero-order valence-electron chi connectivity index (χ0n) is 6.49. The van der Waals surface area contributed by atoms with E-state index in [0.29, 0.717) is 12.8 Å². The Morgan fingerprint density at radius 2 is 2.38 bits per heavy atom. The van der Waals surface area contributed by atoms with Gasteiger partial charge in [-0.1, -0.05) is 0 Å². The average molecular weight is 208 g/mol. The maximum Gasteiger partial charge on any atom is 0.542 e. The largest absolute Gasteiger partial charge is 0.542 e. The van der Waals surface area contributed by atoms with Crippen LogP contribution < -0.4 is 5.82 Å². The van der Waals surface area contributed by atoms with Crippen LogP contribution in [0.25, 0.3) is 0 Å². The summed E-state index contributed by atoms with van der Waals surface area (Å²) >= 11 is 4.89. The van der Waals surface area contributed by atoms with Crippen molar-refractivity contribution >= 4 is 17.0 Å². The van der Waals surface area contributed by atoms with Crippen molar-refractivity contribution in [2.24, 2.45) is 0 Å². The normalized spacial score (nSPS) is 9.92. The van der Waals surface area contributed by atoms with Gasteiger partial charge in [0, 0.05) is 18.0 Å². The fourth-order valence-electron chi connectivity index (χ4n) is 0.694. The molecule has 72 valence electrons. The molecule has 0 bridgehead atoms. The van der Waals surface area contributed by atoms with Crippen LogP contribution in [0.15, 0.2) is 13.7 Å². The van der Waals surface area contributed by atoms with Gasteiger partial charge in [0.05, 0.1) is 6.61 Å². The van der Waals surface area contributed by atoms with Gasteiger partial charge in [0.2, 0.25) is 5.89 Å². The van der Waals surface area contributed by atoms with E-state index in [9.17, 15) is 9.59 Å². The maximum atomic E-state index is 10.3. The molecule has 0 unspecified atom stereocenters. The monoisotopic (exact) mass is 207 g/mol. The fourth-order valence-corrected chi connectivity index (χ4v) is 0.771. The van der Waals surface area contributed by atoms with Gasteiger partial charge in [-0.05, 0) is 11.6 Å². The second kappa shape index (κ2) is 4.66. The standard InChI is InChI=1S/C6H6ClNO5/c7-5(9)11-3-1-2-4-8-13-6(10)12-4/h1-3H2. The third kappa shape index (κ3) is 3.75. The number of ether oxygens (including phenoxy) is 1. The van der Waals surface area contributed by atoms with Crippen LogP contribution in [0.5, 0.6) is 0 Å². The van der Waals surface area contributed by atoms with Gasteiger partial charge in [0.15, 0.2) is 0 Å². The molecule has 0 saturated carbocycles. The number of nitrogens with zero attached hydrogens (tertiary/aromatic N) is 1. The Balaban J connectivity index is 2.20. The van der Waals surface area contributed by atoms with Crippen LogP contribution in [0, 0.1) is 0 Å². The van der Waals surface area contributed by atoms with E-state index in [1.165, 1.54) is 0 Å². The molecule has 0 fully saturated rings. The van der Waals surface area contributed by atoms with Crippen LogP contribution in [0.3, 0.4) is 0 Å². The Labute approximate surface area is 77.4 Å². The number of halogens is 1. The highest BCUT2D eigenvalue weighted by Gasteiger charge is 2.03. The summed E-state index contributed by atoms with van der Waals surface area (Å²) in [6, 6.07) is 0. The van der Waals surface area contributed by atoms with E-state index < -0.39 is 11.3 Å². The van der Waals surface area contributed by atoms with Crippen molar-refractivity contribution in [2.45, 2.75) is 12.8 Å². The van der Waals surface area contributed by atoms with Crippen molar-refractivity contribution < 1.29 is 18.5 Å². The molecular weight excluding hydrogens is 202 g/mol. The van der Waals surface area contributed by atoms with Gasteiger partial charge >= 0.3 is 11.3 Å². The maximum absolute atomic E-state index is 10.3. The van der Waals surface area contributed by atoms with Crippen LogP contribution in [-0.4, -0.2) is 17.2 Å². The van der Waals surface area contributed by atoms with Crippen LogP contribution >= 0.6 is 11.6 Å². The number of carbonyl (C=O) groups is 1. The summed E-state index contributed by atoms with van der Waals surface area (Å²) in [7, 11) is 0. The van der Waals surface area contributed by atoms with Crippen LogP contribution in [-0.2, 0) is 11.2 Å². The first-order chi connectivity index (χ1) is 6.18. The number of aryl methyl sites for hydroxylation is 1. The molecule has 0 atom stereocenters. The van der Waals surface area contributed by atoms with Crippen molar-refractivity contribution in [3.63, 3.8) is 0 Å². The van der Waals surface area contributed by atoms with E-state index >= 15 is 0 Å². The van der Waals surface area contributed by atoms with Gasteiger partial charge in [-0.2, -0.15) is 0 Å². The highest BCUT2D eigenvalue weighted by atomic mass is 35.5. The molecule has 0 saturated heterocycles. The highest BCUT2D eigenvalue weighted by molar-refractivity contribution is 6.61. The van der Waals surface area contributed by atoms with Crippen LogP contribution in [0.1, 0.15) is 12.3 Å². The molecule has 7 heteroatoms. The molecule has 0 aliphatic heterocycles. The number of hydrogen-bond acceptors (Lipinski definition) is 6. The number of rotatable bonds is 4. The van der Waals surface area contributed by atoms with Crippen molar-refractivity contribution in [3.05, 3.63) is 16.5 Å². The lowest BCUT2D eigenvalue weighted by atomic mass is 10.3. The Bertz CT molecular complexity index is 330. The second-order valence-electron chi connectivity index (χ2n) is 2.12. The quantitative estimate of drug-likeness (QED) is 0.540. The summed E-state index contributed by atoms with van der Waals surface area (Å²) in [5.41, 5.74) is -0.860. The lowest BCUT2D eigenvalue weighted by Crippen LogP contribution is -1.98. The Kier molecular flexibility index (Phi) is 3.51. The Hall–Kier alpha value is -1.30. The van der Waals surface area contributed by atoms with Crippen LogP contribution in [0.2, 0.25) is 0 Å².